The van der Waals surface area contributed by atoms with Crippen molar-refractivity contribution in [1.82, 2.24) is 4.98 Å². The molecule has 5 heteroatoms. The molecule has 21 heavy (non-hydrogen) atoms. The summed E-state index contributed by atoms with van der Waals surface area (Å²) in [5, 5.41) is 0. The van der Waals surface area contributed by atoms with Crippen LogP contribution in [0.5, 0.6) is 0 Å². The van der Waals surface area contributed by atoms with Gasteiger partial charge in [-0.25, -0.2) is 0 Å². The second kappa shape index (κ2) is 5.78. The van der Waals surface area contributed by atoms with Gasteiger partial charge in [-0.05, 0) is 64.2 Å². The number of hydrogen-bond acceptors (Lipinski definition) is 4. The van der Waals surface area contributed by atoms with Crippen molar-refractivity contribution in [1.29, 1.82) is 0 Å². The van der Waals surface area contributed by atoms with E-state index in [1.165, 1.54) is 0 Å². The fraction of sp³-hybridized carbons (Fsp3) is 0.562. The zero-order valence-electron chi connectivity index (χ0n) is 13.7. The molecule has 2 heterocycles. The van der Waals surface area contributed by atoms with Gasteiger partial charge < -0.3 is 9.31 Å². The molecular weight excluding hydrogens is 281 g/mol. The third-order valence-corrected chi connectivity index (χ3v) is 4.68. The van der Waals surface area contributed by atoms with Crippen molar-refractivity contribution in [3.05, 3.63) is 34.6 Å². The zero-order valence-corrected chi connectivity index (χ0v) is 14.6. The molecule has 0 aliphatic carbocycles. The molecule has 1 aliphatic rings. The highest BCUT2D eigenvalue weighted by molar-refractivity contribution is 7.80. The van der Waals surface area contributed by atoms with E-state index < -0.39 is 0 Å². The van der Waals surface area contributed by atoms with Crippen LogP contribution < -0.4 is 0 Å². The Morgan fingerprint density at radius 2 is 1.81 bits per heavy atom. The lowest BCUT2D eigenvalue weighted by Crippen LogP contribution is -2.41. The summed E-state index contributed by atoms with van der Waals surface area (Å²) in [6.45, 7) is 12.3. The van der Waals surface area contributed by atoms with Crippen LogP contribution in [0.1, 0.15) is 44.5 Å². The molecule has 1 aromatic rings. The first-order chi connectivity index (χ1) is 9.66. The van der Waals surface area contributed by atoms with Gasteiger partial charge in [0.15, 0.2) is 0 Å². The van der Waals surface area contributed by atoms with Gasteiger partial charge in [0.25, 0.3) is 0 Å². The normalized spacial score (nSPS) is 20.9. The number of aromatic nitrogens is 1. The molecule has 1 saturated heterocycles. The minimum Gasteiger partial charge on any atom is -0.400 e. The molecule has 0 aromatic carbocycles. The quantitative estimate of drug-likeness (QED) is 0.683. The smallest absolute Gasteiger partial charge is 0.400 e. The lowest BCUT2D eigenvalue weighted by molar-refractivity contribution is 0.00578. The van der Waals surface area contributed by atoms with Gasteiger partial charge >= 0.3 is 7.12 Å². The molecule has 0 bridgehead atoms. The van der Waals surface area contributed by atoms with Gasteiger partial charge in [-0.1, -0.05) is 6.07 Å². The zero-order chi connectivity index (χ0) is 15.8. The van der Waals surface area contributed by atoms with Crippen LogP contribution in [0.4, 0.5) is 0 Å². The molecule has 114 valence electrons. The van der Waals surface area contributed by atoms with Gasteiger partial charge in [0.2, 0.25) is 0 Å². The third kappa shape index (κ3) is 3.36. The Morgan fingerprint density at radius 3 is 2.29 bits per heavy atom. The van der Waals surface area contributed by atoms with Gasteiger partial charge in [0, 0.05) is 11.9 Å². The predicted octanol–water partition coefficient (Wildman–Crippen LogP) is 3.64. The van der Waals surface area contributed by atoms with Crippen LogP contribution in [0.3, 0.4) is 0 Å². The van der Waals surface area contributed by atoms with Crippen molar-refractivity contribution in [3.8, 4) is 0 Å². The highest BCUT2D eigenvalue weighted by Gasteiger charge is 2.52. The Labute approximate surface area is 133 Å². The van der Waals surface area contributed by atoms with Gasteiger partial charge in [-0.15, -0.1) is 0 Å². The van der Waals surface area contributed by atoms with Crippen molar-refractivity contribution < 1.29 is 9.31 Å². The van der Waals surface area contributed by atoms with E-state index in [0.717, 1.165) is 22.3 Å². The Hall–Kier alpha value is -0.775. The van der Waals surface area contributed by atoms with E-state index in [9.17, 15) is 0 Å². The van der Waals surface area contributed by atoms with Crippen molar-refractivity contribution in [2.75, 3.05) is 5.75 Å². The van der Waals surface area contributed by atoms with Crippen LogP contribution in [0, 0.1) is 13.8 Å². The van der Waals surface area contributed by atoms with Crippen LogP contribution >= 0.6 is 12.6 Å². The standard InChI is InChI=1S/C16H24BNO2S/c1-11-7-12(2)14(18-9-11)8-13(10-21)17-19-15(3,4)16(5,6)20-17/h7-9,21H,10H2,1-6H3. The van der Waals surface area contributed by atoms with E-state index in [4.69, 9.17) is 9.31 Å². The topological polar surface area (TPSA) is 31.4 Å². The average Bonchev–Trinajstić information content (AvgIpc) is 2.57. The highest BCUT2D eigenvalue weighted by Crippen LogP contribution is 2.39. The lowest BCUT2D eigenvalue weighted by atomic mass is 9.78. The minimum absolute atomic E-state index is 0.338. The van der Waals surface area contributed by atoms with E-state index >= 15 is 0 Å². The van der Waals surface area contributed by atoms with Crippen molar-refractivity contribution in [2.45, 2.75) is 52.7 Å². The molecule has 0 atom stereocenters. The molecule has 1 fully saturated rings. The van der Waals surface area contributed by atoms with E-state index in [-0.39, 0.29) is 18.3 Å². The first-order valence-corrected chi connectivity index (χ1v) is 7.90. The molecule has 0 saturated carbocycles. The number of nitrogens with zero attached hydrogens (tertiary/aromatic N) is 1. The summed E-state index contributed by atoms with van der Waals surface area (Å²) in [4.78, 5) is 4.49. The van der Waals surface area contributed by atoms with E-state index in [1.54, 1.807) is 0 Å². The van der Waals surface area contributed by atoms with Gasteiger partial charge in [-0.3, -0.25) is 4.98 Å². The maximum Gasteiger partial charge on any atom is 0.491 e. The Morgan fingerprint density at radius 1 is 1.24 bits per heavy atom. The van der Waals surface area contributed by atoms with Gasteiger partial charge in [0.05, 0.1) is 16.9 Å². The van der Waals surface area contributed by atoms with E-state index in [1.807, 2.05) is 19.2 Å². The number of pyridine rings is 1. The second-order valence-corrected chi connectivity index (χ2v) is 7.00. The lowest BCUT2D eigenvalue weighted by Gasteiger charge is -2.32. The molecule has 2 rings (SSSR count). The number of thiol groups is 1. The molecule has 0 radical (unpaired) electrons. The second-order valence-electron chi connectivity index (χ2n) is 6.68. The van der Waals surface area contributed by atoms with Crippen LogP contribution in [-0.4, -0.2) is 29.1 Å². The highest BCUT2D eigenvalue weighted by atomic mass is 32.1. The molecule has 0 unspecified atom stereocenters. The van der Waals surface area contributed by atoms with Crippen molar-refractivity contribution in [3.63, 3.8) is 0 Å². The summed E-state index contributed by atoms with van der Waals surface area (Å²) < 4.78 is 12.2. The average molecular weight is 305 g/mol. The van der Waals surface area contributed by atoms with Gasteiger partial charge in [-0.2, -0.15) is 12.6 Å². The van der Waals surface area contributed by atoms with E-state index in [0.29, 0.717) is 5.75 Å². The monoisotopic (exact) mass is 305 g/mol. The molecule has 0 amide bonds. The Balaban J connectivity index is 2.31. The Kier molecular flexibility index (Phi) is 4.57. The van der Waals surface area contributed by atoms with Crippen LogP contribution in [0.15, 0.2) is 17.7 Å². The number of aryl methyl sites for hydroxylation is 2. The molecular formula is C16H24BNO2S. The molecule has 1 aromatic heterocycles. The summed E-state index contributed by atoms with van der Waals surface area (Å²) in [5.74, 6) is 0.575. The van der Waals surface area contributed by atoms with Crippen LogP contribution in [-0.2, 0) is 9.31 Å². The summed E-state index contributed by atoms with van der Waals surface area (Å²) in [6, 6.07) is 2.12. The first-order valence-electron chi connectivity index (χ1n) is 7.26. The largest absolute Gasteiger partial charge is 0.491 e. The maximum absolute atomic E-state index is 6.09. The molecule has 1 aliphatic heterocycles. The molecule has 0 N–H and O–H groups in total. The Bertz CT molecular complexity index is 553. The minimum atomic E-state index is -0.366. The van der Waals surface area contributed by atoms with Gasteiger partial charge in [0.1, 0.15) is 0 Å². The summed E-state index contributed by atoms with van der Waals surface area (Å²) in [5.41, 5.74) is 3.57. The summed E-state index contributed by atoms with van der Waals surface area (Å²) in [6.07, 6.45) is 3.91. The van der Waals surface area contributed by atoms with Crippen LogP contribution in [0.25, 0.3) is 6.08 Å². The third-order valence-electron chi connectivity index (χ3n) is 4.32. The number of rotatable bonds is 3. The van der Waals surface area contributed by atoms with Crippen molar-refractivity contribution >= 4 is 25.8 Å². The maximum atomic E-state index is 6.09. The van der Waals surface area contributed by atoms with Crippen molar-refractivity contribution in [2.24, 2.45) is 0 Å². The molecule has 3 nitrogen and oxygen atoms in total. The SMILES string of the molecule is Cc1cnc(C=C(CS)B2OC(C)(C)C(C)(C)O2)c(C)c1. The molecule has 0 spiro atoms. The predicted molar refractivity (Wildman–Crippen MR) is 91.6 cm³/mol. The fourth-order valence-corrected chi connectivity index (χ4v) is 2.48. The summed E-state index contributed by atoms with van der Waals surface area (Å²) >= 11 is 4.43. The fourth-order valence-electron chi connectivity index (χ4n) is 2.24. The number of hydrogen-bond donors (Lipinski definition) is 1. The summed E-state index contributed by atoms with van der Waals surface area (Å²) in [7, 11) is -0.366. The first kappa shape index (κ1) is 16.6. The van der Waals surface area contributed by atoms with Crippen LogP contribution in [0.2, 0.25) is 0 Å². The van der Waals surface area contributed by atoms with E-state index in [2.05, 4.69) is 58.3 Å².